The standard InChI is InChI=1S/C21H26ClN3O2/c1-13-6-5-7-14(2)20(13)25-19(26)12-23-21(27)16(4)24-15(3)17-8-10-18(22)11-9-17/h5-11,15-16,24H,12H2,1-4H3,(H,23,27)(H,25,26)/t15-,16-/m0/s1. The normalized spacial score (nSPS) is 12.9. The number of hydrogen-bond donors (Lipinski definition) is 3. The lowest BCUT2D eigenvalue weighted by atomic mass is 10.1. The molecule has 0 heterocycles. The number of carbonyl (C=O) groups excluding carboxylic acids is 2. The van der Waals surface area contributed by atoms with Crippen molar-refractivity contribution in [2.75, 3.05) is 11.9 Å². The number of rotatable bonds is 7. The quantitative estimate of drug-likeness (QED) is 0.677. The summed E-state index contributed by atoms with van der Waals surface area (Å²) in [6, 6.07) is 12.8. The molecule has 0 bridgehead atoms. The zero-order chi connectivity index (χ0) is 20.0. The van der Waals surface area contributed by atoms with Gasteiger partial charge in [-0.2, -0.15) is 0 Å². The predicted molar refractivity (Wildman–Crippen MR) is 110 cm³/mol. The Morgan fingerprint density at radius 3 is 2.19 bits per heavy atom. The number of anilines is 1. The first-order valence-electron chi connectivity index (χ1n) is 8.93. The zero-order valence-electron chi connectivity index (χ0n) is 16.1. The average molecular weight is 388 g/mol. The van der Waals surface area contributed by atoms with Crippen molar-refractivity contribution in [2.45, 2.75) is 39.8 Å². The van der Waals surface area contributed by atoms with Crippen LogP contribution in [0, 0.1) is 13.8 Å². The van der Waals surface area contributed by atoms with Gasteiger partial charge < -0.3 is 10.6 Å². The summed E-state index contributed by atoms with van der Waals surface area (Å²) in [7, 11) is 0. The third-order valence-corrected chi connectivity index (χ3v) is 4.68. The van der Waals surface area contributed by atoms with Gasteiger partial charge in [0, 0.05) is 16.8 Å². The molecule has 2 aromatic carbocycles. The summed E-state index contributed by atoms with van der Waals surface area (Å²) < 4.78 is 0. The van der Waals surface area contributed by atoms with Crippen LogP contribution in [-0.2, 0) is 9.59 Å². The zero-order valence-corrected chi connectivity index (χ0v) is 16.9. The monoisotopic (exact) mass is 387 g/mol. The first kappa shape index (κ1) is 20.9. The van der Waals surface area contributed by atoms with E-state index < -0.39 is 6.04 Å². The summed E-state index contributed by atoms with van der Waals surface area (Å²) in [5.74, 6) is -0.480. The Labute approximate surface area is 165 Å². The summed E-state index contributed by atoms with van der Waals surface area (Å²) in [6.45, 7) is 7.54. The number of hydrogen-bond acceptors (Lipinski definition) is 3. The highest BCUT2D eigenvalue weighted by Gasteiger charge is 2.17. The van der Waals surface area contributed by atoms with Crippen molar-refractivity contribution < 1.29 is 9.59 Å². The third kappa shape index (κ3) is 6.08. The van der Waals surface area contributed by atoms with Crippen molar-refractivity contribution in [3.63, 3.8) is 0 Å². The molecule has 3 N–H and O–H groups in total. The van der Waals surface area contributed by atoms with E-state index in [4.69, 9.17) is 11.6 Å². The first-order chi connectivity index (χ1) is 12.8. The van der Waals surface area contributed by atoms with Gasteiger partial charge in [0.1, 0.15) is 0 Å². The maximum absolute atomic E-state index is 12.3. The maximum Gasteiger partial charge on any atom is 0.243 e. The minimum atomic E-state index is -0.441. The van der Waals surface area contributed by atoms with Gasteiger partial charge in [-0.05, 0) is 56.5 Å². The molecule has 5 nitrogen and oxygen atoms in total. The van der Waals surface area contributed by atoms with E-state index in [1.54, 1.807) is 6.92 Å². The van der Waals surface area contributed by atoms with Gasteiger partial charge >= 0.3 is 0 Å². The number of para-hydroxylation sites is 1. The minimum absolute atomic E-state index is 0.0218. The molecule has 6 heteroatoms. The van der Waals surface area contributed by atoms with E-state index in [1.165, 1.54) is 0 Å². The molecule has 27 heavy (non-hydrogen) atoms. The van der Waals surface area contributed by atoms with Crippen molar-refractivity contribution in [1.29, 1.82) is 0 Å². The lowest BCUT2D eigenvalue weighted by Crippen LogP contribution is -2.45. The molecule has 0 saturated heterocycles. The fourth-order valence-electron chi connectivity index (χ4n) is 2.81. The molecule has 0 aliphatic carbocycles. The van der Waals surface area contributed by atoms with Gasteiger partial charge in [0.25, 0.3) is 0 Å². The molecule has 0 aliphatic rings. The van der Waals surface area contributed by atoms with Gasteiger partial charge in [0.15, 0.2) is 0 Å². The van der Waals surface area contributed by atoms with Crippen LogP contribution in [0.1, 0.15) is 36.6 Å². The molecule has 0 spiro atoms. The van der Waals surface area contributed by atoms with Crippen molar-refractivity contribution >= 4 is 29.1 Å². The highest BCUT2D eigenvalue weighted by Crippen LogP contribution is 2.19. The minimum Gasteiger partial charge on any atom is -0.346 e. The summed E-state index contributed by atoms with van der Waals surface area (Å²) in [5.41, 5.74) is 3.80. The van der Waals surface area contributed by atoms with Crippen LogP contribution in [0.15, 0.2) is 42.5 Å². The van der Waals surface area contributed by atoms with Crippen LogP contribution in [0.2, 0.25) is 5.02 Å². The average Bonchev–Trinajstić information content (AvgIpc) is 2.63. The Morgan fingerprint density at radius 1 is 1.00 bits per heavy atom. The molecular formula is C21H26ClN3O2. The van der Waals surface area contributed by atoms with E-state index in [2.05, 4.69) is 16.0 Å². The van der Waals surface area contributed by atoms with Gasteiger partial charge in [-0.15, -0.1) is 0 Å². The first-order valence-corrected chi connectivity index (χ1v) is 9.31. The fourth-order valence-corrected chi connectivity index (χ4v) is 2.94. The largest absolute Gasteiger partial charge is 0.346 e. The molecule has 0 aliphatic heterocycles. The lowest BCUT2D eigenvalue weighted by Gasteiger charge is -2.20. The maximum atomic E-state index is 12.3. The number of nitrogens with one attached hydrogen (secondary N) is 3. The topological polar surface area (TPSA) is 70.2 Å². The van der Waals surface area contributed by atoms with Crippen molar-refractivity contribution in [3.8, 4) is 0 Å². The van der Waals surface area contributed by atoms with E-state index in [0.29, 0.717) is 5.02 Å². The predicted octanol–water partition coefficient (Wildman–Crippen LogP) is 3.75. The molecule has 0 fully saturated rings. The molecule has 2 rings (SSSR count). The molecular weight excluding hydrogens is 362 g/mol. The van der Waals surface area contributed by atoms with Crippen LogP contribution in [0.4, 0.5) is 5.69 Å². The van der Waals surface area contributed by atoms with Crippen LogP contribution in [0.25, 0.3) is 0 Å². The molecule has 2 atom stereocenters. The molecule has 0 aromatic heterocycles. The van der Waals surface area contributed by atoms with Crippen molar-refractivity contribution in [1.82, 2.24) is 10.6 Å². The van der Waals surface area contributed by atoms with Crippen molar-refractivity contribution in [3.05, 3.63) is 64.2 Å². The number of benzene rings is 2. The van der Waals surface area contributed by atoms with E-state index in [0.717, 1.165) is 22.4 Å². The Bertz CT molecular complexity index is 785. The number of carbonyl (C=O) groups is 2. The van der Waals surface area contributed by atoms with Gasteiger partial charge in [-0.3, -0.25) is 14.9 Å². The second-order valence-corrected chi connectivity index (χ2v) is 7.13. The van der Waals surface area contributed by atoms with Crippen LogP contribution in [0.3, 0.4) is 0 Å². The fraction of sp³-hybridized carbons (Fsp3) is 0.333. The van der Waals surface area contributed by atoms with Crippen LogP contribution < -0.4 is 16.0 Å². The summed E-state index contributed by atoms with van der Waals surface area (Å²) in [5, 5.41) is 9.42. The van der Waals surface area contributed by atoms with Gasteiger partial charge in [0.05, 0.1) is 12.6 Å². The molecule has 144 valence electrons. The van der Waals surface area contributed by atoms with Crippen LogP contribution >= 0.6 is 11.6 Å². The van der Waals surface area contributed by atoms with E-state index in [-0.39, 0.29) is 24.4 Å². The number of halogens is 1. The SMILES string of the molecule is Cc1cccc(C)c1NC(=O)CNC(=O)[C@H](C)N[C@@H](C)c1ccc(Cl)cc1. The summed E-state index contributed by atoms with van der Waals surface area (Å²) in [6.07, 6.45) is 0. The molecule has 0 saturated carbocycles. The van der Waals surface area contributed by atoms with Crippen LogP contribution in [-0.4, -0.2) is 24.4 Å². The second-order valence-electron chi connectivity index (χ2n) is 6.69. The smallest absolute Gasteiger partial charge is 0.243 e. The summed E-state index contributed by atoms with van der Waals surface area (Å²) >= 11 is 5.90. The summed E-state index contributed by atoms with van der Waals surface area (Å²) in [4.78, 5) is 24.4. The lowest BCUT2D eigenvalue weighted by molar-refractivity contribution is -0.125. The van der Waals surface area contributed by atoms with Crippen LogP contribution in [0.5, 0.6) is 0 Å². The van der Waals surface area contributed by atoms with Gasteiger partial charge in [-0.1, -0.05) is 41.9 Å². The number of amides is 2. The highest BCUT2D eigenvalue weighted by atomic mass is 35.5. The Hall–Kier alpha value is -2.37. The van der Waals surface area contributed by atoms with Gasteiger partial charge in [-0.25, -0.2) is 0 Å². The molecule has 0 unspecified atom stereocenters. The Morgan fingerprint density at radius 2 is 1.59 bits per heavy atom. The number of aryl methyl sites for hydroxylation is 2. The highest BCUT2D eigenvalue weighted by molar-refractivity contribution is 6.30. The van der Waals surface area contributed by atoms with E-state index >= 15 is 0 Å². The molecule has 0 radical (unpaired) electrons. The third-order valence-electron chi connectivity index (χ3n) is 4.43. The van der Waals surface area contributed by atoms with E-state index in [1.807, 2.05) is 63.2 Å². The second kappa shape index (κ2) is 9.53. The Kier molecular flexibility index (Phi) is 7.39. The van der Waals surface area contributed by atoms with E-state index in [9.17, 15) is 9.59 Å². The van der Waals surface area contributed by atoms with Gasteiger partial charge in [0.2, 0.25) is 11.8 Å². The molecule has 2 amide bonds. The molecule has 2 aromatic rings. The van der Waals surface area contributed by atoms with Crippen molar-refractivity contribution in [2.24, 2.45) is 0 Å². The Balaban J connectivity index is 1.83.